The molecule has 0 saturated heterocycles. The Hall–Kier alpha value is -0.660. The maximum absolute atomic E-state index is 11.1. The molecule has 0 heterocycles. The summed E-state index contributed by atoms with van der Waals surface area (Å²) in [6.45, 7) is 2.59. The molecule has 0 aliphatic rings. The van der Waals surface area contributed by atoms with Gasteiger partial charge in [-0.25, -0.2) is 0 Å². The summed E-state index contributed by atoms with van der Waals surface area (Å²) in [5, 5.41) is 10.6. The Kier molecular flexibility index (Phi) is 10.7. The first-order valence-corrected chi connectivity index (χ1v) is 8.77. The van der Waals surface area contributed by atoms with Gasteiger partial charge < -0.3 is 10.4 Å². The van der Waals surface area contributed by atoms with Crippen molar-refractivity contribution < 1.29 is 22.9 Å². The van der Waals surface area contributed by atoms with Crippen LogP contribution < -0.4 is 5.32 Å². The number of carbonyl (C=O) groups is 1. The van der Waals surface area contributed by atoms with Crippen LogP contribution in [0.2, 0.25) is 0 Å². The number of unbranched alkanes of at least 4 members (excludes halogenated alkanes) is 4. The summed E-state index contributed by atoms with van der Waals surface area (Å²) in [5.41, 5.74) is 0. The number of hydrogen-bond acceptors (Lipinski definition) is 4. The van der Waals surface area contributed by atoms with Gasteiger partial charge in [-0.1, -0.05) is 39.0 Å². The lowest BCUT2D eigenvalue weighted by atomic mass is 10.1. The number of hydrogen-bond donors (Lipinski definition) is 3. The quantitative estimate of drug-likeness (QED) is 0.355. The van der Waals surface area contributed by atoms with Gasteiger partial charge in [0.2, 0.25) is 0 Å². The van der Waals surface area contributed by atoms with Gasteiger partial charge in [0.05, 0.1) is 11.8 Å². The maximum atomic E-state index is 11.1. The molecule has 0 aromatic heterocycles. The monoisotopic (exact) mass is 309 g/mol. The van der Waals surface area contributed by atoms with E-state index in [1.807, 2.05) is 6.92 Å². The molecule has 20 heavy (non-hydrogen) atoms. The van der Waals surface area contributed by atoms with E-state index in [4.69, 9.17) is 9.66 Å². The minimum Gasteiger partial charge on any atom is -0.480 e. The van der Waals surface area contributed by atoms with Gasteiger partial charge in [-0.15, -0.1) is 0 Å². The van der Waals surface area contributed by atoms with Gasteiger partial charge >= 0.3 is 5.97 Å². The third kappa shape index (κ3) is 11.2. The van der Waals surface area contributed by atoms with Gasteiger partial charge in [0.1, 0.15) is 0 Å². The summed E-state index contributed by atoms with van der Waals surface area (Å²) in [6.07, 6.45) is 6.43. The standard InChI is InChI=1S/C13H27NO5S/c1-2-8-12(20(17,18)19)9-6-4-3-5-7-10-14-11-13(15)16/h12,14H,2-11H2,1H3,(H,15,16)(H,17,18,19). The molecule has 0 aliphatic heterocycles. The van der Waals surface area contributed by atoms with Crippen LogP contribution in [0.25, 0.3) is 0 Å². The number of aliphatic carboxylic acids is 1. The molecule has 1 unspecified atom stereocenters. The van der Waals surface area contributed by atoms with Crippen LogP contribution in [0.5, 0.6) is 0 Å². The van der Waals surface area contributed by atoms with E-state index in [1.165, 1.54) is 0 Å². The van der Waals surface area contributed by atoms with Crippen LogP contribution in [-0.2, 0) is 14.9 Å². The molecule has 6 nitrogen and oxygen atoms in total. The first kappa shape index (κ1) is 19.3. The Balaban J connectivity index is 3.53. The predicted molar refractivity (Wildman–Crippen MR) is 78.5 cm³/mol. The van der Waals surface area contributed by atoms with Crippen molar-refractivity contribution in [2.75, 3.05) is 13.1 Å². The summed E-state index contributed by atoms with van der Waals surface area (Å²) >= 11 is 0. The normalized spacial score (nSPS) is 13.3. The summed E-state index contributed by atoms with van der Waals surface area (Å²) in [5.74, 6) is -0.850. The topological polar surface area (TPSA) is 104 Å². The minimum atomic E-state index is -3.91. The predicted octanol–water partition coefficient (Wildman–Crippen LogP) is 2.06. The fraction of sp³-hybridized carbons (Fsp3) is 0.923. The average molecular weight is 309 g/mol. The zero-order chi connectivity index (χ0) is 15.4. The van der Waals surface area contributed by atoms with Gasteiger partial charge in [-0.3, -0.25) is 9.35 Å². The lowest BCUT2D eigenvalue weighted by molar-refractivity contribution is -0.135. The lowest BCUT2D eigenvalue weighted by Gasteiger charge is -2.12. The molecule has 0 aromatic rings. The van der Waals surface area contributed by atoms with Crippen LogP contribution in [0.1, 0.15) is 58.3 Å². The second-order valence-electron chi connectivity index (χ2n) is 5.05. The zero-order valence-corrected chi connectivity index (χ0v) is 13.0. The highest BCUT2D eigenvalue weighted by Gasteiger charge is 2.20. The van der Waals surface area contributed by atoms with E-state index in [0.29, 0.717) is 19.4 Å². The Bertz CT molecular complexity index is 356. The molecular formula is C13H27NO5S. The molecule has 0 fully saturated rings. The fourth-order valence-corrected chi connectivity index (χ4v) is 3.11. The molecule has 120 valence electrons. The third-order valence-corrected chi connectivity index (χ3v) is 4.50. The molecular weight excluding hydrogens is 282 g/mol. The summed E-state index contributed by atoms with van der Waals surface area (Å²) in [7, 11) is -3.91. The van der Waals surface area contributed by atoms with Crippen LogP contribution >= 0.6 is 0 Å². The van der Waals surface area contributed by atoms with Crippen molar-refractivity contribution in [3.05, 3.63) is 0 Å². The summed E-state index contributed by atoms with van der Waals surface area (Å²) < 4.78 is 31.3. The molecule has 3 N–H and O–H groups in total. The highest BCUT2D eigenvalue weighted by Crippen LogP contribution is 2.16. The van der Waals surface area contributed by atoms with Gasteiger partial charge in [-0.05, 0) is 25.8 Å². The highest BCUT2D eigenvalue weighted by atomic mass is 32.2. The van der Waals surface area contributed by atoms with Gasteiger partial charge in [0.25, 0.3) is 10.1 Å². The second-order valence-corrected chi connectivity index (χ2v) is 6.75. The van der Waals surface area contributed by atoms with Crippen molar-refractivity contribution in [2.24, 2.45) is 0 Å². The SMILES string of the molecule is CCCC(CCCCCCCNCC(=O)O)S(=O)(=O)O. The van der Waals surface area contributed by atoms with Crippen LogP contribution in [0, 0.1) is 0 Å². The van der Waals surface area contributed by atoms with Crippen molar-refractivity contribution in [3.8, 4) is 0 Å². The largest absolute Gasteiger partial charge is 0.480 e. The van der Waals surface area contributed by atoms with E-state index in [2.05, 4.69) is 5.32 Å². The van der Waals surface area contributed by atoms with Crippen molar-refractivity contribution in [1.82, 2.24) is 5.32 Å². The van der Waals surface area contributed by atoms with Gasteiger partial charge in [0.15, 0.2) is 0 Å². The van der Waals surface area contributed by atoms with E-state index in [9.17, 15) is 13.2 Å². The fourth-order valence-electron chi connectivity index (χ4n) is 2.11. The van der Waals surface area contributed by atoms with Crippen LogP contribution in [0.3, 0.4) is 0 Å². The van der Waals surface area contributed by atoms with Crippen LogP contribution in [0.15, 0.2) is 0 Å². The third-order valence-electron chi connectivity index (χ3n) is 3.19. The first-order chi connectivity index (χ1) is 9.38. The molecule has 0 rings (SSSR count). The molecule has 1 atom stereocenters. The number of nitrogens with one attached hydrogen (secondary N) is 1. The van der Waals surface area contributed by atoms with Crippen LogP contribution in [-0.4, -0.2) is 42.4 Å². The van der Waals surface area contributed by atoms with Crippen molar-refractivity contribution in [1.29, 1.82) is 0 Å². The summed E-state index contributed by atoms with van der Waals surface area (Å²) in [6, 6.07) is 0. The molecule has 0 spiro atoms. The van der Waals surface area contributed by atoms with E-state index >= 15 is 0 Å². The second kappa shape index (κ2) is 11.0. The molecule has 0 radical (unpaired) electrons. The number of carboxylic acids is 1. The first-order valence-electron chi connectivity index (χ1n) is 7.26. The van der Waals surface area contributed by atoms with E-state index < -0.39 is 21.3 Å². The lowest BCUT2D eigenvalue weighted by Crippen LogP contribution is -2.23. The maximum Gasteiger partial charge on any atom is 0.317 e. The van der Waals surface area contributed by atoms with E-state index in [-0.39, 0.29) is 6.54 Å². The molecule has 0 amide bonds. The van der Waals surface area contributed by atoms with Crippen molar-refractivity contribution >= 4 is 16.1 Å². The van der Waals surface area contributed by atoms with Crippen LogP contribution in [0.4, 0.5) is 0 Å². The Morgan fingerprint density at radius 2 is 1.70 bits per heavy atom. The Morgan fingerprint density at radius 1 is 1.10 bits per heavy atom. The molecule has 0 aliphatic carbocycles. The average Bonchev–Trinajstić information content (AvgIpc) is 2.33. The molecule has 0 aromatic carbocycles. The van der Waals surface area contributed by atoms with Crippen molar-refractivity contribution in [2.45, 2.75) is 63.5 Å². The minimum absolute atomic E-state index is 0.00689. The highest BCUT2D eigenvalue weighted by molar-refractivity contribution is 7.86. The molecule has 0 saturated carbocycles. The number of carboxylic acid groups (broad SMARTS) is 1. The van der Waals surface area contributed by atoms with E-state index in [0.717, 1.165) is 38.5 Å². The Labute approximate surface area is 121 Å². The van der Waals surface area contributed by atoms with Gasteiger partial charge in [0, 0.05) is 0 Å². The molecule has 0 bridgehead atoms. The number of rotatable bonds is 13. The van der Waals surface area contributed by atoms with Gasteiger partial charge in [-0.2, -0.15) is 8.42 Å². The smallest absolute Gasteiger partial charge is 0.317 e. The zero-order valence-electron chi connectivity index (χ0n) is 12.2. The summed E-state index contributed by atoms with van der Waals surface area (Å²) in [4.78, 5) is 10.2. The molecule has 7 heteroatoms. The van der Waals surface area contributed by atoms with Crippen molar-refractivity contribution in [3.63, 3.8) is 0 Å². The van der Waals surface area contributed by atoms with E-state index in [1.54, 1.807) is 0 Å². The Morgan fingerprint density at radius 3 is 2.25 bits per heavy atom.